The normalized spacial score (nSPS) is 14.2. The number of benzene rings is 1. The Bertz CT molecular complexity index is 894. The Balaban J connectivity index is 1.57. The van der Waals surface area contributed by atoms with Gasteiger partial charge in [0.1, 0.15) is 11.9 Å². The highest BCUT2D eigenvalue weighted by molar-refractivity contribution is 5.97. The molecule has 0 radical (unpaired) electrons. The zero-order chi connectivity index (χ0) is 20.1. The molecule has 3 rings (SSSR count). The maximum atomic E-state index is 12.6. The number of carbonyl (C=O) groups excluding carboxylic acids is 2. The molecular formula is C21H23N5O2. The van der Waals surface area contributed by atoms with Gasteiger partial charge < -0.3 is 15.1 Å². The second kappa shape index (κ2) is 8.53. The fourth-order valence-electron chi connectivity index (χ4n) is 3.24. The number of hydrogen-bond donors (Lipinski definition) is 1. The van der Waals surface area contributed by atoms with Gasteiger partial charge in [0.2, 0.25) is 5.91 Å². The number of nitrogens with one attached hydrogen (secondary N) is 1. The van der Waals surface area contributed by atoms with Crippen molar-refractivity contribution >= 4 is 23.3 Å². The molecular weight excluding hydrogens is 354 g/mol. The van der Waals surface area contributed by atoms with Crippen LogP contribution in [0.5, 0.6) is 0 Å². The molecule has 7 nitrogen and oxygen atoms in total. The second-order valence-electron chi connectivity index (χ2n) is 7.05. The van der Waals surface area contributed by atoms with Gasteiger partial charge in [-0.1, -0.05) is 6.07 Å². The molecule has 144 valence electrons. The third-order valence-corrected chi connectivity index (χ3v) is 4.85. The van der Waals surface area contributed by atoms with E-state index in [1.54, 1.807) is 50.6 Å². The van der Waals surface area contributed by atoms with Crippen LogP contribution >= 0.6 is 0 Å². The fourth-order valence-corrected chi connectivity index (χ4v) is 3.24. The Morgan fingerprint density at radius 1 is 1.21 bits per heavy atom. The number of pyridine rings is 1. The van der Waals surface area contributed by atoms with Gasteiger partial charge in [-0.05, 0) is 43.2 Å². The molecule has 0 aliphatic carbocycles. The standard InChI is InChI=1S/C21H23N5O2/c1-25(2)21(28)17-4-3-5-18(12-17)24-20(27)16-8-10-26(11-9-16)19-7-6-15(13-22)14-23-19/h3-7,12,14,16H,8-11H2,1-2H3,(H,24,27). The predicted molar refractivity (Wildman–Crippen MR) is 107 cm³/mol. The van der Waals surface area contributed by atoms with Gasteiger partial charge in [-0.25, -0.2) is 4.98 Å². The smallest absolute Gasteiger partial charge is 0.253 e. The molecule has 2 amide bonds. The van der Waals surface area contributed by atoms with Crippen molar-refractivity contribution in [2.24, 2.45) is 5.92 Å². The van der Waals surface area contributed by atoms with Crippen molar-refractivity contribution in [3.8, 4) is 6.07 Å². The van der Waals surface area contributed by atoms with Gasteiger partial charge in [-0.2, -0.15) is 5.26 Å². The lowest BCUT2D eigenvalue weighted by molar-refractivity contribution is -0.120. The van der Waals surface area contributed by atoms with Crippen LogP contribution in [-0.4, -0.2) is 48.9 Å². The average Bonchev–Trinajstić information content (AvgIpc) is 2.73. The van der Waals surface area contributed by atoms with Crippen molar-refractivity contribution in [2.45, 2.75) is 12.8 Å². The minimum absolute atomic E-state index is 0.0260. The summed E-state index contributed by atoms with van der Waals surface area (Å²) < 4.78 is 0. The molecule has 1 aliphatic heterocycles. The summed E-state index contributed by atoms with van der Waals surface area (Å²) in [5.74, 6) is 0.622. The molecule has 1 fully saturated rings. The first-order chi connectivity index (χ1) is 13.5. The molecule has 2 aromatic rings. The van der Waals surface area contributed by atoms with Crippen LogP contribution in [0.15, 0.2) is 42.6 Å². The van der Waals surface area contributed by atoms with E-state index in [4.69, 9.17) is 5.26 Å². The molecule has 1 aliphatic rings. The Hall–Kier alpha value is -3.40. The molecule has 0 bridgehead atoms. The summed E-state index contributed by atoms with van der Waals surface area (Å²) >= 11 is 0. The summed E-state index contributed by atoms with van der Waals surface area (Å²) in [6.45, 7) is 1.46. The van der Waals surface area contributed by atoms with E-state index in [9.17, 15) is 9.59 Å². The van der Waals surface area contributed by atoms with Crippen LogP contribution in [0.1, 0.15) is 28.8 Å². The summed E-state index contributed by atoms with van der Waals surface area (Å²) in [6, 6.07) is 12.7. The van der Waals surface area contributed by atoms with E-state index >= 15 is 0 Å². The first kappa shape index (κ1) is 19.4. The summed E-state index contributed by atoms with van der Waals surface area (Å²) in [5.41, 5.74) is 1.71. The number of piperidine rings is 1. The Morgan fingerprint density at radius 2 is 1.96 bits per heavy atom. The highest BCUT2D eigenvalue weighted by Gasteiger charge is 2.25. The van der Waals surface area contributed by atoms with Crippen molar-refractivity contribution in [2.75, 3.05) is 37.4 Å². The SMILES string of the molecule is CN(C)C(=O)c1cccc(NC(=O)C2CCN(c3ccc(C#N)cn3)CC2)c1. The number of amides is 2. The molecule has 1 aromatic heterocycles. The quantitative estimate of drug-likeness (QED) is 0.884. The van der Waals surface area contributed by atoms with Crippen LogP contribution in [0.4, 0.5) is 11.5 Å². The molecule has 0 saturated carbocycles. The van der Waals surface area contributed by atoms with Gasteiger partial charge in [-0.15, -0.1) is 0 Å². The molecule has 1 saturated heterocycles. The highest BCUT2D eigenvalue weighted by atomic mass is 16.2. The lowest BCUT2D eigenvalue weighted by atomic mass is 9.95. The number of rotatable bonds is 4. The van der Waals surface area contributed by atoms with E-state index in [0.29, 0.717) is 16.8 Å². The maximum Gasteiger partial charge on any atom is 0.253 e. The van der Waals surface area contributed by atoms with Gasteiger partial charge in [0.15, 0.2) is 0 Å². The molecule has 0 spiro atoms. The first-order valence-electron chi connectivity index (χ1n) is 9.21. The Kier molecular flexibility index (Phi) is 5.90. The van der Waals surface area contributed by atoms with Crippen LogP contribution in [0.3, 0.4) is 0 Å². The van der Waals surface area contributed by atoms with Gasteiger partial charge in [0.25, 0.3) is 5.91 Å². The van der Waals surface area contributed by atoms with Crippen molar-refractivity contribution in [1.29, 1.82) is 5.26 Å². The monoisotopic (exact) mass is 377 g/mol. The number of carbonyl (C=O) groups is 2. The van der Waals surface area contributed by atoms with Gasteiger partial charge in [0, 0.05) is 50.6 Å². The first-order valence-corrected chi connectivity index (χ1v) is 9.21. The topological polar surface area (TPSA) is 89.3 Å². The van der Waals surface area contributed by atoms with E-state index in [0.717, 1.165) is 31.7 Å². The summed E-state index contributed by atoms with van der Waals surface area (Å²) in [6.07, 6.45) is 3.02. The molecule has 0 atom stereocenters. The van der Waals surface area contributed by atoms with Crippen LogP contribution in [0, 0.1) is 17.2 Å². The van der Waals surface area contributed by atoms with Crippen LogP contribution in [-0.2, 0) is 4.79 Å². The van der Waals surface area contributed by atoms with Gasteiger partial charge in [-0.3, -0.25) is 9.59 Å². The summed E-state index contributed by atoms with van der Waals surface area (Å²) in [4.78, 5) is 32.7. The Morgan fingerprint density at radius 3 is 2.57 bits per heavy atom. The van der Waals surface area contributed by atoms with Crippen molar-refractivity contribution in [1.82, 2.24) is 9.88 Å². The number of anilines is 2. The highest BCUT2D eigenvalue weighted by Crippen LogP contribution is 2.23. The zero-order valence-corrected chi connectivity index (χ0v) is 16.1. The minimum atomic E-state index is -0.0978. The number of aromatic nitrogens is 1. The third-order valence-electron chi connectivity index (χ3n) is 4.85. The minimum Gasteiger partial charge on any atom is -0.357 e. The third kappa shape index (κ3) is 4.46. The van der Waals surface area contributed by atoms with Crippen LogP contribution in [0.2, 0.25) is 0 Å². The molecule has 28 heavy (non-hydrogen) atoms. The fraction of sp³-hybridized carbons (Fsp3) is 0.333. The number of nitrogens with zero attached hydrogens (tertiary/aromatic N) is 4. The Labute approximate surface area is 164 Å². The molecule has 7 heteroatoms. The summed E-state index contributed by atoms with van der Waals surface area (Å²) in [5, 5.41) is 11.8. The molecule has 1 aromatic carbocycles. The largest absolute Gasteiger partial charge is 0.357 e. The zero-order valence-electron chi connectivity index (χ0n) is 16.1. The van der Waals surface area contributed by atoms with E-state index in [1.807, 2.05) is 6.07 Å². The average molecular weight is 377 g/mol. The summed E-state index contributed by atoms with van der Waals surface area (Å²) in [7, 11) is 3.40. The molecule has 2 heterocycles. The van der Waals surface area contributed by atoms with Crippen molar-refractivity contribution in [3.05, 3.63) is 53.7 Å². The van der Waals surface area contributed by atoms with Gasteiger partial charge in [0.05, 0.1) is 5.56 Å². The predicted octanol–water partition coefficient (Wildman–Crippen LogP) is 2.51. The molecule has 0 unspecified atom stereocenters. The van der Waals surface area contributed by atoms with E-state index in [-0.39, 0.29) is 17.7 Å². The van der Waals surface area contributed by atoms with Gasteiger partial charge >= 0.3 is 0 Å². The number of hydrogen-bond acceptors (Lipinski definition) is 5. The van der Waals surface area contributed by atoms with Crippen molar-refractivity contribution in [3.63, 3.8) is 0 Å². The lowest BCUT2D eigenvalue weighted by Gasteiger charge is -2.32. The lowest BCUT2D eigenvalue weighted by Crippen LogP contribution is -2.38. The van der Waals surface area contributed by atoms with E-state index in [2.05, 4.69) is 21.3 Å². The van der Waals surface area contributed by atoms with Crippen LogP contribution < -0.4 is 10.2 Å². The van der Waals surface area contributed by atoms with Crippen molar-refractivity contribution < 1.29 is 9.59 Å². The number of nitriles is 1. The van der Waals surface area contributed by atoms with E-state index in [1.165, 1.54) is 4.90 Å². The van der Waals surface area contributed by atoms with Crippen LogP contribution in [0.25, 0.3) is 0 Å². The molecule has 1 N–H and O–H groups in total. The van der Waals surface area contributed by atoms with E-state index < -0.39 is 0 Å². The second-order valence-corrected chi connectivity index (χ2v) is 7.05. The maximum absolute atomic E-state index is 12.6.